The molecule has 2 rings (SSSR count). The lowest BCUT2D eigenvalue weighted by atomic mass is 9.87. The molecule has 2 N–H and O–H groups in total. The van der Waals surface area contributed by atoms with Gasteiger partial charge in [-0.05, 0) is 48.5 Å². The average molecular weight is 383 g/mol. The Morgan fingerprint density at radius 2 is 2.00 bits per heavy atom. The van der Waals surface area contributed by atoms with Gasteiger partial charge in [-0.3, -0.25) is 4.79 Å². The number of carbonyl (C=O) groups is 1. The van der Waals surface area contributed by atoms with Gasteiger partial charge in [0.2, 0.25) is 4.34 Å². The molecule has 0 aliphatic heterocycles. The number of hydrogen-bond acceptors (Lipinski definition) is 5. The van der Waals surface area contributed by atoms with E-state index in [1.54, 1.807) is 6.92 Å². The Balaban J connectivity index is 2.01. The maximum atomic E-state index is 12.2. The molecule has 1 aromatic heterocycles. The van der Waals surface area contributed by atoms with Crippen LogP contribution in [-0.4, -0.2) is 30.5 Å². The lowest BCUT2D eigenvalue weighted by Crippen LogP contribution is -2.38. The van der Waals surface area contributed by atoms with Gasteiger partial charge in [-0.15, -0.1) is 0 Å². The molecule has 9 heteroatoms. The van der Waals surface area contributed by atoms with Crippen LogP contribution in [0.25, 0.3) is 0 Å². The molecule has 20 heavy (non-hydrogen) atoms. The van der Waals surface area contributed by atoms with Crippen molar-refractivity contribution in [2.75, 3.05) is 0 Å². The predicted octanol–water partition coefficient (Wildman–Crippen LogP) is 2.14. The maximum absolute atomic E-state index is 12.2. The van der Waals surface area contributed by atoms with Crippen LogP contribution in [0.5, 0.6) is 0 Å². The molecule has 0 unspecified atom stereocenters. The SMILES string of the molecule is Cc1nc(S(=O)(=O)NC2CCC(C(=O)O)CC2)sc1Br. The first-order valence-corrected chi connectivity index (χ1v) is 9.27. The van der Waals surface area contributed by atoms with Gasteiger partial charge in [-0.25, -0.2) is 18.1 Å². The molecule has 0 radical (unpaired) electrons. The normalized spacial score (nSPS) is 23.7. The monoisotopic (exact) mass is 382 g/mol. The summed E-state index contributed by atoms with van der Waals surface area (Å²) >= 11 is 4.33. The number of sulfonamides is 1. The molecule has 0 aromatic carbocycles. The predicted molar refractivity (Wildman–Crippen MR) is 78.3 cm³/mol. The van der Waals surface area contributed by atoms with E-state index in [9.17, 15) is 13.2 Å². The van der Waals surface area contributed by atoms with Gasteiger partial charge in [-0.1, -0.05) is 11.3 Å². The fraction of sp³-hybridized carbons (Fsp3) is 0.636. The number of aromatic nitrogens is 1. The first-order valence-electron chi connectivity index (χ1n) is 6.17. The molecular weight excluding hydrogens is 368 g/mol. The van der Waals surface area contributed by atoms with Crippen molar-refractivity contribution in [2.45, 2.75) is 43.0 Å². The van der Waals surface area contributed by atoms with Crippen molar-refractivity contribution in [3.05, 3.63) is 9.48 Å². The van der Waals surface area contributed by atoms with Crippen LogP contribution in [-0.2, 0) is 14.8 Å². The molecule has 0 amide bonds. The Hall–Kier alpha value is -0.510. The number of nitrogens with zero attached hydrogens (tertiary/aromatic N) is 1. The Labute approximate surface area is 129 Å². The average Bonchev–Trinajstić information content (AvgIpc) is 2.71. The minimum atomic E-state index is -3.62. The van der Waals surface area contributed by atoms with E-state index in [0.29, 0.717) is 35.2 Å². The highest BCUT2D eigenvalue weighted by molar-refractivity contribution is 9.11. The third-order valence-corrected chi connectivity index (χ3v) is 7.25. The van der Waals surface area contributed by atoms with Gasteiger partial charge in [0.15, 0.2) is 0 Å². The van der Waals surface area contributed by atoms with E-state index in [1.807, 2.05) is 0 Å². The number of aliphatic carboxylic acids is 1. The molecule has 1 fully saturated rings. The van der Waals surface area contributed by atoms with Crippen LogP contribution in [0.3, 0.4) is 0 Å². The van der Waals surface area contributed by atoms with Gasteiger partial charge in [0, 0.05) is 6.04 Å². The molecule has 1 aliphatic carbocycles. The minimum Gasteiger partial charge on any atom is -0.481 e. The fourth-order valence-corrected chi connectivity index (χ4v) is 5.46. The summed E-state index contributed by atoms with van der Waals surface area (Å²) in [5.74, 6) is -1.15. The van der Waals surface area contributed by atoms with E-state index < -0.39 is 16.0 Å². The minimum absolute atomic E-state index is 0.0437. The number of aryl methyl sites for hydroxylation is 1. The zero-order chi connectivity index (χ0) is 14.9. The molecule has 0 atom stereocenters. The quantitative estimate of drug-likeness (QED) is 0.831. The first kappa shape index (κ1) is 15.9. The van der Waals surface area contributed by atoms with Crippen LogP contribution in [0.4, 0.5) is 0 Å². The van der Waals surface area contributed by atoms with Gasteiger partial charge in [0.25, 0.3) is 10.0 Å². The number of halogens is 1. The standard InChI is InChI=1S/C11H15BrN2O4S2/c1-6-9(12)19-11(13-6)20(17,18)14-8-4-2-7(3-5-8)10(15)16/h7-8,14H,2-5H2,1H3,(H,15,16). The smallest absolute Gasteiger partial charge is 0.306 e. The van der Waals surface area contributed by atoms with Crippen molar-refractivity contribution < 1.29 is 18.3 Å². The van der Waals surface area contributed by atoms with E-state index in [1.165, 1.54) is 0 Å². The number of carboxylic acids is 1. The van der Waals surface area contributed by atoms with Gasteiger partial charge < -0.3 is 5.11 Å². The topological polar surface area (TPSA) is 96.4 Å². The van der Waals surface area contributed by atoms with E-state index in [2.05, 4.69) is 25.6 Å². The molecule has 1 aliphatic rings. The third kappa shape index (κ3) is 3.57. The van der Waals surface area contributed by atoms with Gasteiger partial charge in [-0.2, -0.15) is 0 Å². The van der Waals surface area contributed by atoms with Gasteiger partial charge in [0.1, 0.15) is 0 Å². The van der Waals surface area contributed by atoms with Crippen LogP contribution in [0.1, 0.15) is 31.4 Å². The Kier molecular flexibility index (Phi) is 4.83. The Bertz CT molecular complexity index is 586. The zero-order valence-corrected chi connectivity index (χ0v) is 14.0. The van der Waals surface area contributed by atoms with Crippen molar-refractivity contribution in [1.82, 2.24) is 9.71 Å². The highest BCUT2D eigenvalue weighted by atomic mass is 79.9. The summed E-state index contributed by atoms with van der Waals surface area (Å²) in [7, 11) is -3.62. The van der Waals surface area contributed by atoms with E-state index in [-0.39, 0.29) is 16.3 Å². The van der Waals surface area contributed by atoms with Crippen LogP contribution in [0, 0.1) is 12.8 Å². The van der Waals surface area contributed by atoms with Crippen molar-refractivity contribution in [3.8, 4) is 0 Å². The van der Waals surface area contributed by atoms with Crippen molar-refractivity contribution in [3.63, 3.8) is 0 Å². The number of rotatable bonds is 4. The zero-order valence-electron chi connectivity index (χ0n) is 10.8. The van der Waals surface area contributed by atoms with E-state index in [4.69, 9.17) is 5.11 Å². The summed E-state index contributed by atoms with van der Waals surface area (Å²) in [5.41, 5.74) is 0.643. The Morgan fingerprint density at radius 1 is 1.40 bits per heavy atom. The molecule has 1 heterocycles. The lowest BCUT2D eigenvalue weighted by Gasteiger charge is -2.26. The number of hydrogen-bond donors (Lipinski definition) is 2. The first-order chi connectivity index (χ1) is 9.29. The number of carboxylic acid groups (broad SMARTS) is 1. The van der Waals surface area contributed by atoms with Crippen LogP contribution < -0.4 is 4.72 Å². The second-order valence-corrected chi connectivity index (χ2v) is 9.05. The van der Waals surface area contributed by atoms with Gasteiger partial charge >= 0.3 is 5.97 Å². The van der Waals surface area contributed by atoms with Gasteiger partial charge in [0.05, 0.1) is 15.4 Å². The third-order valence-electron chi connectivity index (χ3n) is 3.35. The summed E-state index contributed by atoms with van der Waals surface area (Å²) in [5, 5.41) is 8.92. The summed E-state index contributed by atoms with van der Waals surface area (Å²) in [6, 6.07) is -0.210. The summed E-state index contributed by atoms with van der Waals surface area (Å²) in [4.78, 5) is 14.9. The summed E-state index contributed by atoms with van der Waals surface area (Å²) < 4.78 is 27.7. The molecule has 0 saturated heterocycles. The highest BCUT2D eigenvalue weighted by Gasteiger charge is 2.30. The van der Waals surface area contributed by atoms with Crippen molar-refractivity contribution in [2.24, 2.45) is 5.92 Å². The van der Waals surface area contributed by atoms with E-state index >= 15 is 0 Å². The van der Waals surface area contributed by atoms with E-state index in [0.717, 1.165) is 11.3 Å². The van der Waals surface area contributed by atoms with Crippen LogP contribution >= 0.6 is 27.3 Å². The second-order valence-electron chi connectivity index (χ2n) is 4.85. The molecule has 0 spiro atoms. The molecule has 6 nitrogen and oxygen atoms in total. The highest BCUT2D eigenvalue weighted by Crippen LogP contribution is 2.29. The summed E-state index contributed by atoms with van der Waals surface area (Å²) in [6.45, 7) is 1.73. The lowest BCUT2D eigenvalue weighted by molar-refractivity contribution is -0.142. The Morgan fingerprint density at radius 3 is 2.45 bits per heavy atom. The largest absolute Gasteiger partial charge is 0.481 e. The van der Waals surface area contributed by atoms with Crippen molar-refractivity contribution in [1.29, 1.82) is 0 Å². The molecule has 0 bridgehead atoms. The molecule has 112 valence electrons. The molecule has 1 saturated carbocycles. The molecular formula is C11H15BrN2O4S2. The van der Waals surface area contributed by atoms with Crippen LogP contribution in [0.15, 0.2) is 8.13 Å². The maximum Gasteiger partial charge on any atom is 0.306 e. The molecule has 1 aromatic rings. The summed E-state index contributed by atoms with van der Waals surface area (Å²) in [6.07, 6.45) is 2.09. The fourth-order valence-electron chi connectivity index (χ4n) is 2.20. The number of thiazole rings is 1. The number of nitrogens with one attached hydrogen (secondary N) is 1. The second kappa shape index (κ2) is 6.08. The van der Waals surface area contributed by atoms with Crippen LogP contribution in [0.2, 0.25) is 0 Å². The van der Waals surface area contributed by atoms with Crippen molar-refractivity contribution >= 4 is 43.3 Å².